The molecule has 1 saturated heterocycles. The first-order valence-electron chi connectivity index (χ1n) is 11.7. The molecule has 2 aromatic carbocycles. The van der Waals surface area contributed by atoms with Crippen LogP contribution < -0.4 is 10.1 Å². The SMILES string of the molecule is CCSc1ccc(Cl)cc1CNC(=O)c1cc(Cl)c(CN2CCN(C(C)C)CC2)c(OC(F)(F)F)c1. The number of nitrogens with zero attached hydrogens (tertiary/aromatic N) is 2. The number of halogens is 5. The minimum atomic E-state index is -4.92. The van der Waals surface area contributed by atoms with Gasteiger partial charge in [-0.15, -0.1) is 24.9 Å². The number of rotatable bonds is 9. The van der Waals surface area contributed by atoms with E-state index in [1.165, 1.54) is 6.07 Å². The Bertz CT molecular complexity index is 1060. The van der Waals surface area contributed by atoms with E-state index in [1.807, 2.05) is 17.9 Å². The van der Waals surface area contributed by atoms with E-state index in [9.17, 15) is 18.0 Å². The Morgan fingerprint density at radius 1 is 1.14 bits per heavy atom. The second-order valence-electron chi connectivity index (χ2n) is 8.76. The summed E-state index contributed by atoms with van der Waals surface area (Å²) in [6, 6.07) is 8.30. The average Bonchev–Trinajstić information content (AvgIpc) is 2.80. The van der Waals surface area contributed by atoms with Crippen LogP contribution in [-0.2, 0) is 13.1 Å². The maximum Gasteiger partial charge on any atom is 0.573 e. The summed E-state index contributed by atoms with van der Waals surface area (Å²) in [6.45, 7) is 9.61. The highest BCUT2D eigenvalue weighted by molar-refractivity contribution is 7.99. The van der Waals surface area contributed by atoms with E-state index in [4.69, 9.17) is 23.2 Å². The van der Waals surface area contributed by atoms with E-state index in [0.29, 0.717) is 24.2 Å². The molecule has 1 aliphatic heterocycles. The van der Waals surface area contributed by atoms with Gasteiger partial charge in [0.05, 0.1) is 0 Å². The molecule has 0 unspecified atom stereocenters. The molecule has 1 heterocycles. The number of amides is 1. The summed E-state index contributed by atoms with van der Waals surface area (Å²) >= 11 is 14.1. The first-order chi connectivity index (χ1) is 17.0. The molecule has 1 N–H and O–H groups in total. The quantitative estimate of drug-likeness (QED) is 0.355. The molecule has 36 heavy (non-hydrogen) atoms. The number of alkyl halides is 3. The Labute approximate surface area is 224 Å². The van der Waals surface area contributed by atoms with Crippen molar-refractivity contribution >= 4 is 40.9 Å². The number of thioether (sulfide) groups is 1. The molecular weight excluding hydrogens is 534 g/mol. The summed E-state index contributed by atoms with van der Waals surface area (Å²) in [5, 5.41) is 3.34. The van der Waals surface area contributed by atoms with Crippen molar-refractivity contribution in [2.45, 2.75) is 51.2 Å². The third kappa shape index (κ3) is 8.18. The molecule has 0 radical (unpaired) electrons. The smallest absolute Gasteiger partial charge is 0.405 e. The lowest BCUT2D eigenvalue weighted by atomic mass is 10.1. The van der Waals surface area contributed by atoms with Crippen molar-refractivity contribution in [3.05, 3.63) is 57.1 Å². The van der Waals surface area contributed by atoms with E-state index < -0.39 is 18.0 Å². The van der Waals surface area contributed by atoms with Crippen LogP contribution in [0.1, 0.15) is 42.3 Å². The van der Waals surface area contributed by atoms with Gasteiger partial charge in [-0.05, 0) is 55.5 Å². The molecule has 1 aliphatic rings. The second kappa shape index (κ2) is 12.7. The highest BCUT2D eigenvalue weighted by Gasteiger charge is 2.33. The number of carbonyl (C=O) groups is 1. The van der Waals surface area contributed by atoms with Crippen LogP contribution in [0.2, 0.25) is 10.0 Å². The van der Waals surface area contributed by atoms with Crippen LogP contribution in [0, 0.1) is 0 Å². The number of ether oxygens (including phenoxy) is 1. The standard InChI is InChI=1S/C25H30Cl2F3N3O2S/c1-4-36-23-6-5-19(26)11-18(23)14-31-24(34)17-12-21(27)20(22(13-17)35-25(28,29)30)15-32-7-9-33(10-8-32)16(2)3/h5-6,11-13,16H,4,7-10,14-15H2,1-3H3,(H,31,34). The molecule has 0 atom stereocenters. The van der Waals surface area contributed by atoms with E-state index in [1.54, 1.807) is 23.9 Å². The normalized spacial score (nSPS) is 15.4. The zero-order chi connectivity index (χ0) is 26.5. The fraction of sp³-hybridized carbons (Fsp3) is 0.480. The van der Waals surface area contributed by atoms with Crippen molar-refractivity contribution < 1.29 is 22.7 Å². The van der Waals surface area contributed by atoms with Gasteiger partial charge in [-0.1, -0.05) is 30.1 Å². The monoisotopic (exact) mass is 563 g/mol. The molecule has 3 rings (SSSR count). The van der Waals surface area contributed by atoms with E-state index in [0.717, 1.165) is 35.4 Å². The molecule has 0 spiro atoms. The van der Waals surface area contributed by atoms with Gasteiger partial charge in [0, 0.05) is 71.4 Å². The van der Waals surface area contributed by atoms with Gasteiger partial charge in [0.1, 0.15) is 5.75 Å². The molecule has 0 aromatic heterocycles. The van der Waals surface area contributed by atoms with Crippen LogP contribution in [0.4, 0.5) is 13.2 Å². The lowest BCUT2D eigenvalue weighted by molar-refractivity contribution is -0.275. The Kier molecular flexibility index (Phi) is 10.2. The number of benzene rings is 2. The van der Waals surface area contributed by atoms with Crippen LogP contribution in [0.25, 0.3) is 0 Å². The van der Waals surface area contributed by atoms with Crippen molar-refractivity contribution in [3.63, 3.8) is 0 Å². The highest BCUT2D eigenvalue weighted by atomic mass is 35.5. The Morgan fingerprint density at radius 3 is 2.44 bits per heavy atom. The minimum Gasteiger partial charge on any atom is -0.405 e. The van der Waals surface area contributed by atoms with Gasteiger partial charge < -0.3 is 10.1 Å². The molecule has 11 heteroatoms. The summed E-state index contributed by atoms with van der Waals surface area (Å²) in [5.74, 6) is -0.186. The fourth-order valence-corrected chi connectivity index (χ4v) is 5.29. The topological polar surface area (TPSA) is 44.8 Å². The molecule has 0 saturated carbocycles. The van der Waals surface area contributed by atoms with E-state index in [2.05, 4.69) is 28.8 Å². The summed E-state index contributed by atoms with van der Waals surface area (Å²) in [7, 11) is 0. The second-order valence-corrected chi connectivity index (χ2v) is 10.9. The third-order valence-corrected chi connectivity index (χ3v) is 7.49. The summed E-state index contributed by atoms with van der Waals surface area (Å²) in [5.41, 5.74) is 1.01. The summed E-state index contributed by atoms with van der Waals surface area (Å²) < 4.78 is 44.0. The van der Waals surface area contributed by atoms with Crippen LogP contribution in [0.5, 0.6) is 5.75 Å². The zero-order valence-electron chi connectivity index (χ0n) is 20.4. The summed E-state index contributed by atoms with van der Waals surface area (Å²) in [4.78, 5) is 18.2. The molecule has 0 aliphatic carbocycles. The fourth-order valence-electron chi connectivity index (χ4n) is 4.03. The zero-order valence-corrected chi connectivity index (χ0v) is 22.8. The molecule has 1 amide bonds. The van der Waals surface area contributed by atoms with Crippen molar-refractivity contribution in [2.24, 2.45) is 0 Å². The molecule has 2 aromatic rings. The number of piperazine rings is 1. The molecule has 198 valence electrons. The summed E-state index contributed by atoms with van der Waals surface area (Å²) in [6.07, 6.45) is -4.92. The average molecular weight is 565 g/mol. The maximum atomic E-state index is 13.2. The van der Waals surface area contributed by atoms with Gasteiger partial charge in [0.2, 0.25) is 0 Å². The maximum absolute atomic E-state index is 13.2. The molecular formula is C25H30Cl2F3N3O2S. The van der Waals surface area contributed by atoms with Gasteiger partial charge in [-0.25, -0.2) is 0 Å². The van der Waals surface area contributed by atoms with Crippen molar-refractivity contribution in [2.75, 3.05) is 31.9 Å². The van der Waals surface area contributed by atoms with Gasteiger partial charge >= 0.3 is 6.36 Å². The number of hydrogen-bond acceptors (Lipinski definition) is 5. The minimum absolute atomic E-state index is 0.0145. The molecule has 0 bridgehead atoms. The third-order valence-electron chi connectivity index (χ3n) is 5.92. The van der Waals surface area contributed by atoms with Crippen LogP contribution >= 0.6 is 35.0 Å². The first-order valence-corrected chi connectivity index (χ1v) is 13.4. The molecule has 5 nitrogen and oxygen atoms in total. The molecule has 1 fully saturated rings. The largest absolute Gasteiger partial charge is 0.573 e. The van der Waals surface area contributed by atoms with Crippen molar-refractivity contribution in [3.8, 4) is 5.75 Å². The highest BCUT2D eigenvalue weighted by Crippen LogP contribution is 2.34. The van der Waals surface area contributed by atoms with Crippen molar-refractivity contribution in [1.82, 2.24) is 15.1 Å². The number of carbonyl (C=O) groups excluding carboxylic acids is 1. The van der Waals surface area contributed by atoms with Crippen LogP contribution in [-0.4, -0.2) is 60.0 Å². The van der Waals surface area contributed by atoms with Gasteiger partial charge in [-0.3, -0.25) is 14.6 Å². The van der Waals surface area contributed by atoms with Gasteiger partial charge in [-0.2, -0.15) is 0 Å². The van der Waals surface area contributed by atoms with Crippen LogP contribution in [0.3, 0.4) is 0 Å². The lowest BCUT2D eigenvalue weighted by Gasteiger charge is -2.37. The van der Waals surface area contributed by atoms with Gasteiger partial charge in [0.25, 0.3) is 5.91 Å². The lowest BCUT2D eigenvalue weighted by Crippen LogP contribution is -2.48. The number of nitrogens with one attached hydrogen (secondary N) is 1. The Balaban J connectivity index is 1.79. The number of hydrogen-bond donors (Lipinski definition) is 1. The predicted molar refractivity (Wildman–Crippen MR) is 139 cm³/mol. The predicted octanol–water partition coefficient (Wildman–Crippen LogP) is 6.46. The van der Waals surface area contributed by atoms with E-state index >= 15 is 0 Å². The van der Waals surface area contributed by atoms with Gasteiger partial charge in [0.15, 0.2) is 0 Å². The Morgan fingerprint density at radius 2 is 1.83 bits per heavy atom. The Hall–Kier alpha value is -1.65. The van der Waals surface area contributed by atoms with E-state index in [-0.39, 0.29) is 29.2 Å². The van der Waals surface area contributed by atoms with Crippen LogP contribution in [0.15, 0.2) is 35.2 Å². The first kappa shape index (κ1) is 28.9. The van der Waals surface area contributed by atoms with Crippen molar-refractivity contribution in [1.29, 1.82) is 0 Å².